The first-order valence-electron chi connectivity index (χ1n) is 9.68. The molecule has 2 aromatic rings. The lowest BCUT2D eigenvalue weighted by molar-refractivity contribution is 0.196. The smallest absolute Gasteiger partial charge is 0.191 e. The molecule has 2 heterocycles. The lowest BCUT2D eigenvalue weighted by Gasteiger charge is -2.32. The molecule has 3 rings (SSSR count). The number of piperidine rings is 1. The van der Waals surface area contributed by atoms with E-state index in [4.69, 9.17) is 11.6 Å². The molecule has 0 aliphatic carbocycles. The average Bonchev–Trinajstić information content (AvgIpc) is 2.71. The Morgan fingerprint density at radius 1 is 1.24 bits per heavy atom. The van der Waals surface area contributed by atoms with Crippen LogP contribution in [0.15, 0.2) is 47.6 Å². The SMILES string of the molecule is CN=C(NCCc1c(F)cccc1Cl)NC1CCN(Cc2ccccn2)CC1.I. The van der Waals surface area contributed by atoms with Gasteiger partial charge in [0.2, 0.25) is 0 Å². The van der Waals surface area contributed by atoms with Crippen LogP contribution in [0.4, 0.5) is 4.39 Å². The molecule has 0 saturated carbocycles. The minimum Gasteiger partial charge on any atom is -0.356 e. The first-order valence-corrected chi connectivity index (χ1v) is 10.1. The number of aromatic nitrogens is 1. The summed E-state index contributed by atoms with van der Waals surface area (Å²) in [5.74, 6) is 0.480. The minimum absolute atomic E-state index is 0. The van der Waals surface area contributed by atoms with Gasteiger partial charge in [0.25, 0.3) is 0 Å². The number of hydrogen-bond donors (Lipinski definition) is 2. The lowest BCUT2D eigenvalue weighted by Crippen LogP contribution is -2.48. The molecule has 1 aromatic heterocycles. The van der Waals surface area contributed by atoms with Crippen molar-refractivity contribution in [2.45, 2.75) is 31.8 Å². The Balaban J connectivity index is 0.00000300. The van der Waals surface area contributed by atoms with Crippen molar-refractivity contribution in [2.75, 3.05) is 26.7 Å². The Bertz CT molecular complexity index is 762. The van der Waals surface area contributed by atoms with Gasteiger partial charge in [-0.2, -0.15) is 0 Å². The van der Waals surface area contributed by atoms with Crippen molar-refractivity contribution in [3.8, 4) is 0 Å². The number of benzene rings is 1. The monoisotopic (exact) mass is 531 g/mol. The second kappa shape index (κ2) is 12.3. The van der Waals surface area contributed by atoms with E-state index < -0.39 is 0 Å². The van der Waals surface area contributed by atoms with Crippen molar-refractivity contribution in [3.63, 3.8) is 0 Å². The Labute approximate surface area is 194 Å². The molecule has 158 valence electrons. The fourth-order valence-electron chi connectivity index (χ4n) is 3.42. The molecule has 0 spiro atoms. The molecule has 0 amide bonds. The maximum Gasteiger partial charge on any atom is 0.191 e. The highest BCUT2D eigenvalue weighted by Crippen LogP contribution is 2.19. The predicted molar refractivity (Wildman–Crippen MR) is 128 cm³/mol. The van der Waals surface area contributed by atoms with E-state index >= 15 is 0 Å². The number of hydrogen-bond acceptors (Lipinski definition) is 3. The average molecular weight is 532 g/mol. The van der Waals surface area contributed by atoms with Gasteiger partial charge in [0, 0.05) is 56.1 Å². The molecule has 5 nitrogen and oxygen atoms in total. The normalized spacial score (nSPS) is 15.6. The highest BCUT2D eigenvalue weighted by atomic mass is 127. The summed E-state index contributed by atoms with van der Waals surface area (Å²) in [6, 6.07) is 11.2. The van der Waals surface area contributed by atoms with Gasteiger partial charge in [0.05, 0.1) is 5.69 Å². The maximum atomic E-state index is 13.9. The molecular weight excluding hydrogens is 504 g/mol. The first-order chi connectivity index (χ1) is 13.7. The van der Waals surface area contributed by atoms with Gasteiger partial charge in [0.15, 0.2) is 5.96 Å². The van der Waals surface area contributed by atoms with Gasteiger partial charge >= 0.3 is 0 Å². The van der Waals surface area contributed by atoms with E-state index in [1.54, 1.807) is 19.2 Å². The van der Waals surface area contributed by atoms with E-state index in [1.165, 1.54) is 6.07 Å². The fraction of sp³-hybridized carbons (Fsp3) is 0.429. The maximum absolute atomic E-state index is 13.9. The van der Waals surface area contributed by atoms with Gasteiger partial charge in [-0.05, 0) is 43.5 Å². The Hall–Kier alpha value is -1.45. The van der Waals surface area contributed by atoms with Crippen molar-refractivity contribution in [2.24, 2.45) is 4.99 Å². The van der Waals surface area contributed by atoms with E-state index in [2.05, 4.69) is 31.6 Å². The third kappa shape index (κ3) is 7.38. The number of rotatable bonds is 6. The summed E-state index contributed by atoms with van der Waals surface area (Å²) < 4.78 is 13.9. The van der Waals surface area contributed by atoms with Crippen LogP contribution >= 0.6 is 35.6 Å². The molecule has 0 bridgehead atoms. The summed E-state index contributed by atoms with van der Waals surface area (Å²) in [7, 11) is 1.75. The van der Waals surface area contributed by atoms with Crippen LogP contribution in [0.25, 0.3) is 0 Å². The van der Waals surface area contributed by atoms with E-state index in [1.807, 2.05) is 18.3 Å². The van der Waals surface area contributed by atoms with E-state index in [-0.39, 0.29) is 29.8 Å². The zero-order valence-corrected chi connectivity index (χ0v) is 19.7. The summed E-state index contributed by atoms with van der Waals surface area (Å²) in [5, 5.41) is 7.20. The van der Waals surface area contributed by atoms with Crippen molar-refractivity contribution in [1.82, 2.24) is 20.5 Å². The molecule has 1 aromatic carbocycles. The van der Waals surface area contributed by atoms with Crippen LogP contribution in [0.3, 0.4) is 0 Å². The van der Waals surface area contributed by atoms with Crippen LogP contribution in [0.5, 0.6) is 0 Å². The molecule has 29 heavy (non-hydrogen) atoms. The molecule has 0 radical (unpaired) electrons. The number of nitrogens with zero attached hydrogens (tertiary/aromatic N) is 3. The summed E-state index contributed by atoms with van der Waals surface area (Å²) in [4.78, 5) is 11.1. The number of likely N-dealkylation sites (tertiary alicyclic amines) is 1. The van der Waals surface area contributed by atoms with Crippen LogP contribution in [0.1, 0.15) is 24.1 Å². The molecule has 1 fully saturated rings. The van der Waals surface area contributed by atoms with Crippen LogP contribution in [-0.4, -0.2) is 48.6 Å². The standard InChI is InChI=1S/C21H27ClFN5.HI/c1-24-21(26-12-8-18-19(22)6-4-7-20(18)23)27-16-9-13-28(14-10-16)15-17-5-2-3-11-25-17;/h2-7,11,16H,8-10,12-15H2,1H3,(H2,24,26,27);1H. The summed E-state index contributed by atoms with van der Waals surface area (Å²) in [5.41, 5.74) is 1.65. The Kier molecular flexibility index (Phi) is 10.1. The van der Waals surface area contributed by atoms with Crippen molar-refractivity contribution in [3.05, 3.63) is 64.7 Å². The molecule has 1 saturated heterocycles. The second-order valence-corrected chi connectivity index (χ2v) is 7.37. The molecular formula is C21H28ClFIN5. The molecule has 1 aliphatic rings. The van der Waals surface area contributed by atoms with Crippen molar-refractivity contribution in [1.29, 1.82) is 0 Å². The van der Waals surface area contributed by atoms with Crippen LogP contribution in [-0.2, 0) is 13.0 Å². The van der Waals surface area contributed by atoms with Crippen LogP contribution in [0, 0.1) is 5.82 Å². The summed E-state index contributed by atoms with van der Waals surface area (Å²) in [6.07, 6.45) is 4.45. The largest absolute Gasteiger partial charge is 0.356 e. The quantitative estimate of drug-likeness (QED) is 0.338. The number of guanidine groups is 1. The molecule has 8 heteroatoms. The third-order valence-electron chi connectivity index (χ3n) is 4.99. The van der Waals surface area contributed by atoms with E-state index in [9.17, 15) is 4.39 Å². The number of halogens is 3. The minimum atomic E-state index is -0.266. The Morgan fingerprint density at radius 3 is 2.69 bits per heavy atom. The van der Waals surface area contributed by atoms with Gasteiger partial charge in [-0.3, -0.25) is 14.9 Å². The number of aliphatic imine (C=N–C) groups is 1. The molecule has 1 aliphatic heterocycles. The zero-order valence-electron chi connectivity index (χ0n) is 16.6. The molecule has 0 atom stereocenters. The second-order valence-electron chi connectivity index (χ2n) is 6.97. The van der Waals surface area contributed by atoms with Gasteiger partial charge in [-0.15, -0.1) is 24.0 Å². The molecule has 0 unspecified atom stereocenters. The van der Waals surface area contributed by atoms with Gasteiger partial charge in [-0.1, -0.05) is 23.7 Å². The zero-order chi connectivity index (χ0) is 19.8. The van der Waals surface area contributed by atoms with Crippen LogP contribution < -0.4 is 10.6 Å². The van der Waals surface area contributed by atoms with Gasteiger partial charge < -0.3 is 10.6 Å². The highest BCUT2D eigenvalue weighted by Gasteiger charge is 2.20. The highest BCUT2D eigenvalue weighted by molar-refractivity contribution is 14.0. The third-order valence-corrected chi connectivity index (χ3v) is 5.35. The van der Waals surface area contributed by atoms with Crippen molar-refractivity contribution < 1.29 is 4.39 Å². The number of pyridine rings is 1. The first kappa shape index (κ1) is 23.8. The predicted octanol–water partition coefficient (Wildman–Crippen LogP) is 3.86. The topological polar surface area (TPSA) is 52.6 Å². The molecule has 2 N–H and O–H groups in total. The fourth-order valence-corrected chi connectivity index (χ4v) is 3.68. The lowest BCUT2D eigenvalue weighted by atomic mass is 10.0. The summed E-state index contributed by atoms with van der Waals surface area (Å²) >= 11 is 6.08. The number of nitrogens with one attached hydrogen (secondary N) is 2. The van der Waals surface area contributed by atoms with E-state index in [0.717, 1.165) is 44.1 Å². The van der Waals surface area contributed by atoms with Crippen LogP contribution in [0.2, 0.25) is 5.02 Å². The van der Waals surface area contributed by atoms with E-state index in [0.29, 0.717) is 29.6 Å². The van der Waals surface area contributed by atoms with Gasteiger partial charge in [0.1, 0.15) is 5.82 Å². The Morgan fingerprint density at radius 2 is 2.03 bits per heavy atom. The van der Waals surface area contributed by atoms with Crippen molar-refractivity contribution >= 4 is 41.5 Å². The van der Waals surface area contributed by atoms with Gasteiger partial charge in [-0.25, -0.2) is 4.39 Å². The summed E-state index contributed by atoms with van der Waals surface area (Å²) in [6.45, 7) is 3.51.